The van der Waals surface area contributed by atoms with Crippen LogP contribution in [-0.4, -0.2) is 94.2 Å². The molecule has 2 saturated heterocycles. The summed E-state index contributed by atoms with van der Waals surface area (Å²) >= 11 is 0. The Bertz CT molecular complexity index is 1580. The Hall–Kier alpha value is -2.99. The van der Waals surface area contributed by atoms with E-state index in [2.05, 4.69) is 19.9 Å². The van der Waals surface area contributed by atoms with E-state index < -0.39 is 59.6 Å². The van der Waals surface area contributed by atoms with Gasteiger partial charge in [0.2, 0.25) is 5.79 Å². The van der Waals surface area contributed by atoms with Crippen LogP contribution in [0.15, 0.2) is 35.5 Å². The molecule has 0 aromatic rings. The number of aliphatic hydroxyl groups is 2. The molecule has 3 fully saturated rings. The smallest absolute Gasteiger partial charge is 0.329 e. The molecule has 0 spiro atoms. The largest absolute Gasteiger partial charge is 0.460 e. The van der Waals surface area contributed by atoms with Gasteiger partial charge in [0.25, 0.3) is 11.7 Å². The standard InChI is InChI=1S/C49H77NO10/c1-30-14-10-11-15-31(2)24-33(4)41(51)28-42(52)34(5)25-35(6)43(53)29-45(36(7)26-38-20-18-32(3)44(27-38)58-9)59-48(56)40-16-12-13-23-50(40)47(55)46(54)49(57)37(8)19-22-39(60-49)21-17-30/h10-11,14,25,31-33,35-40,42,44-45,52,57H,12-13,15-24,26-29H2,1-9H3/b11-10+,30-14+,34-25+/t31-,32-,33-,35-,36-,37-,38+,39-,40?,42+,44-,45+,49-/m1/s1. The van der Waals surface area contributed by atoms with Crippen molar-refractivity contribution in [3.05, 3.63) is 35.5 Å². The van der Waals surface area contributed by atoms with E-state index in [1.54, 1.807) is 34.0 Å². The fourth-order valence-electron chi connectivity index (χ4n) is 9.80. The minimum absolute atomic E-state index is 0.0225. The fraction of sp³-hybridized carbons (Fsp3) is 0.776. The molecule has 2 bridgehead atoms. The normalized spacial score (nSPS) is 39.8. The van der Waals surface area contributed by atoms with Crippen LogP contribution in [0.5, 0.6) is 0 Å². The predicted molar refractivity (Wildman–Crippen MR) is 231 cm³/mol. The van der Waals surface area contributed by atoms with Gasteiger partial charge >= 0.3 is 5.97 Å². The molecule has 1 unspecified atom stereocenters. The molecule has 3 aliphatic heterocycles. The van der Waals surface area contributed by atoms with Gasteiger partial charge in [0.05, 0.1) is 18.3 Å². The SMILES string of the molecule is CO[C@@H]1C[C@H](C[C@@H](C)[C@@H]2CC(=O)[C@H](C)/C=C(\C)[C@@H](O)CC(=O)[C@H](C)C[C@H](C)C/C=C/C=C(\C)CC[C@@H]3CC[C@@H](C)[C@@](O)(O3)C(=O)C(=O)N3CCCCC3C(=O)O2)CC[C@H]1C. The number of allylic oxidation sites excluding steroid dienone is 5. The zero-order valence-corrected chi connectivity index (χ0v) is 38.2. The molecule has 60 heavy (non-hydrogen) atoms. The van der Waals surface area contributed by atoms with Gasteiger partial charge in [0.1, 0.15) is 23.7 Å². The van der Waals surface area contributed by atoms with Crippen LogP contribution in [0, 0.1) is 41.4 Å². The molecule has 0 aromatic heterocycles. The second-order valence-corrected chi connectivity index (χ2v) is 19.4. The number of ether oxygens (including phenoxy) is 3. The number of ketones is 3. The number of nitrogens with zero attached hydrogens (tertiary/aromatic N) is 1. The number of hydrogen-bond donors (Lipinski definition) is 2. The minimum Gasteiger partial charge on any atom is -0.460 e. The summed E-state index contributed by atoms with van der Waals surface area (Å²) in [5.74, 6) is -5.93. The molecule has 4 rings (SSSR count). The van der Waals surface area contributed by atoms with Gasteiger partial charge in [-0.3, -0.25) is 19.2 Å². The number of carbonyl (C=O) groups is 5. The lowest BCUT2D eigenvalue weighted by atomic mass is 9.76. The van der Waals surface area contributed by atoms with Crippen LogP contribution in [0.3, 0.4) is 0 Å². The maximum Gasteiger partial charge on any atom is 0.329 e. The van der Waals surface area contributed by atoms with Crippen LogP contribution < -0.4 is 0 Å². The minimum atomic E-state index is -2.32. The van der Waals surface area contributed by atoms with Crippen molar-refractivity contribution >= 4 is 29.2 Å². The average Bonchev–Trinajstić information content (AvgIpc) is 3.21. The third kappa shape index (κ3) is 13.5. The molecular formula is C49H77NO10. The Labute approximate surface area is 360 Å². The number of cyclic esters (lactones) is 1. The first-order valence-electron chi connectivity index (χ1n) is 23.1. The lowest BCUT2D eigenvalue weighted by Crippen LogP contribution is -2.60. The molecule has 11 heteroatoms. The number of fused-ring (bicyclic) bond motifs is 3. The number of piperidine rings is 1. The average molecular weight is 840 g/mol. The number of hydrogen-bond acceptors (Lipinski definition) is 10. The maximum absolute atomic E-state index is 14.3. The van der Waals surface area contributed by atoms with Gasteiger partial charge in [-0.15, -0.1) is 0 Å². The first-order valence-corrected chi connectivity index (χ1v) is 23.1. The van der Waals surface area contributed by atoms with E-state index in [0.717, 1.165) is 31.3 Å². The first-order chi connectivity index (χ1) is 28.3. The highest BCUT2D eigenvalue weighted by Gasteiger charge is 2.52. The fourth-order valence-corrected chi connectivity index (χ4v) is 9.80. The number of methoxy groups -OCH3 is 1. The van der Waals surface area contributed by atoms with Gasteiger partial charge in [-0.25, -0.2) is 4.79 Å². The van der Waals surface area contributed by atoms with Gasteiger partial charge < -0.3 is 29.3 Å². The Kier molecular flexibility index (Phi) is 19.0. The third-order valence-corrected chi connectivity index (χ3v) is 14.2. The molecule has 13 atom stereocenters. The van der Waals surface area contributed by atoms with Crippen LogP contribution >= 0.6 is 0 Å². The summed E-state index contributed by atoms with van der Waals surface area (Å²) in [7, 11) is 1.74. The van der Waals surface area contributed by atoms with Crippen molar-refractivity contribution in [2.75, 3.05) is 13.7 Å². The molecule has 4 aliphatic rings. The summed E-state index contributed by atoms with van der Waals surface area (Å²) in [6, 6.07) is -1.06. The summed E-state index contributed by atoms with van der Waals surface area (Å²) in [4.78, 5) is 70.9. The molecule has 11 nitrogen and oxygen atoms in total. The molecule has 0 radical (unpaired) electrons. The Balaban J connectivity index is 1.64. The molecule has 2 N–H and O–H groups in total. The third-order valence-electron chi connectivity index (χ3n) is 14.2. The van der Waals surface area contributed by atoms with Crippen LogP contribution in [0.25, 0.3) is 0 Å². The number of carbonyl (C=O) groups excluding carboxylic acids is 5. The van der Waals surface area contributed by atoms with Gasteiger partial charge in [-0.05, 0) is 127 Å². The molecule has 0 aromatic carbocycles. The second kappa shape index (κ2) is 22.9. The van der Waals surface area contributed by atoms with E-state index in [1.165, 1.54) is 4.90 Å². The highest BCUT2D eigenvalue weighted by atomic mass is 16.6. The van der Waals surface area contributed by atoms with Gasteiger partial charge in [0.15, 0.2) is 0 Å². The Morgan fingerprint density at radius 1 is 0.917 bits per heavy atom. The quantitative estimate of drug-likeness (QED) is 0.161. The van der Waals surface area contributed by atoms with Crippen LogP contribution in [0.4, 0.5) is 0 Å². The topological polar surface area (TPSA) is 157 Å². The van der Waals surface area contributed by atoms with E-state index in [4.69, 9.17) is 14.2 Å². The van der Waals surface area contributed by atoms with E-state index in [0.29, 0.717) is 68.8 Å². The Morgan fingerprint density at radius 2 is 1.65 bits per heavy atom. The first kappa shape index (κ1) is 49.7. The predicted octanol–water partition coefficient (Wildman–Crippen LogP) is 8.04. The zero-order valence-electron chi connectivity index (χ0n) is 38.2. The van der Waals surface area contributed by atoms with Crippen LogP contribution in [-0.2, 0) is 38.2 Å². The molecule has 1 amide bonds. The molecular weight excluding hydrogens is 763 g/mol. The maximum atomic E-state index is 14.3. The number of aliphatic hydroxyl groups excluding tert-OH is 1. The highest BCUT2D eigenvalue weighted by Crippen LogP contribution is 2.38. The van der Waals surface area contributed by atoms with E-state index in [-0.39, 0.29) is 61.2 Å². The van der Waals surface area contributed by atoms with Crippen molar-refractivity contribution in [2.24, 2.45) is 41.4 Å². The summed E-state index contributed by atoms with van der Waals surface area (Å²) in [5, 5.41) is 22.9. The lowest BCUT2D eigenvalue weighted by molar-refractivity contribution is -0.263. The highest BCUT2D eigenvalue weighted by molar-refractivity contribution is 6.39. The molecule has 1 saturated carbocycles. The number of amides is 1. The summed E-state index contributed by atoms with van der Waals surface area (Å²) < 4.78 is 18.2. The number of Topliss-reactive ketones (excluding diaryl/α,β-unsaturated/α-hetero) is 3. The van der Waals surface area contributed by atoms with Gasteiger partial charge in [-0.2, -0.15) is 0 Å². The summed E-state index contributed by atoms with van der Waals surface area (Å²) in [6.45, 7) is 15.6. The van der Waals surface area contributed by atoms with Crippen molar-refractivity contribution in [3.8, 4) is 0 Å². The van der Waals surface area contributed by atoms with Crippen LogP contribution in [0.1, 0.15) is 152 Å². The van der Waals surface area contributed by atoms with Crippen molar-refractivity contribution < 1.29 is 48.4 Å². The van der Waals surface area contributed by atoms with Gasteiger partial charge in [-0.1, -0.05) is 71.4 Å². The Morgan fingerprint density at radius 3 is 2.37 bits per heavy atom. The lowest BCUT2D eigenvalue weighted by Gasteiger charge is -2.42. The van der Waals surface area contributed by atoms with Crippen molar-refractivity contribution in [1.29, 1.82) is 0 Å². The molecule has 3 heterocycles. The van der Waals surface area contributed by atoms with Crippen LogP contribution in [0.2, 0.25) is 0 Å². The van der Waals surface area contributed by atoms with E-state index in [1.807, 2.05) is 32.9 Å². The van der Waals surface area contributed by atoms with Crippen molar-refractivity contribution in [2.45, 2.75) is 188 Å². The van der Waals surface area contributed by atoms with Crippen molar-refractivity contribution in [3.63, 3.8) is 0 Å². The number of esters is 1. The number of rotatable bonds is 4. The van der Waals surface area contributed by atoms with E-state index >= 15 is 0 Å². The van der Waals surface area contributed by atoms with Gasteiger partial charge in [0, 0.05) is 44.2 Å². The molecule has 338 valence electrons. The van der Waals surface area contributed by atoms with E-state index in [9.17, 15) is 34.2 Å². The summed E-state index contributed by atoms with van der Waals surface area (Å²) in [6.07, 6.45) is 14.5. The molecule has 1 aliphatic carbocycles. The zero-order chi connectivity index (χ0) is 44.3. The van der Waals surface area contributed by atoms with Crippen molar-refractivity contribution in [1.82, 2.24) is 4.90 Å². The summed E-state index contributed by atoms with van der Waals surface area (Å²) in [5.41, 5.74) is 1.64. The second-order valence-electron chi connectivity index (χ2n) is 19.4. The monoisotopic (exact) mass is 840 g/mol.